The number of aromatic nitrogens is 1. The van der Waals surface area contributed by atoms with Crippen LogP contribution in [-0.2, 0) is 6.42 Å². The summed E-state index contributed by atoms with van der Waals surface area (Å²) < 4.78 is 6.10. The Morgan fingerprint density at radius 3 is 2.67 bits per heavy atom. The Kier molecular flexibility index (Phi) is 5.19. The minimum atomic E-state index is 0.108. The number of aryl methyl sites for hydroxylation is 3. The highest BCUT2D eigenvalue weighted by atomic mass is 32.1. The maximum absolute atomic E-state index is 12.5. The molecule has 0 spiro atoms. The van der Waals surface area contributed by atoms with Gasteiger partial charge in [0.25, 0.3) is 5.91 Å². The van der Waals surface area contributed by atoms with E-state index in [0.29, 0.717) is 0 Å². The van der Waals surface area contributed by atoms with Crippen molar-refractivity contribution in [2.45, 2.75) is 46.1 Å². The van der Waals surface area contributed by atoms with E-state index in [-0.39, 0.29) is 12.0 Å². The van der Waals surface area contributed by atoms with Crippen molar-refractivity contribution in [1.82, 2.24) is 9.88 Å². The number of ether oxygens (including phenoxy) is 1. The summed E-state index contributed by atoms with van der Waals surface area (Å²) in [6.45, 7) is 7.75. The van der Waals surface area contributed by atoms with Crippen molar-refractivity contribution in [1.29, 1.82) is 0 Å². The molecule has 24 heavy (non-hydrogen) atoms. The molecule has 0 N–H and O–H groups in total. The lowest BCUT2D eigenvalue weighted by molar-refractivity contribution is 0.0600. The van der Waals surface area contributed by atoms with Crippen LogP contribution in [0.3, 0.4) is 0 Å². The van der Waals surface area contributed by atoms with Crippen molar-refractivity contribution in [3.63, 3.8) is 0 Å². The highest BCUT2D eigenvalue weighted by Gasteiger charge is 2.25. The number of carbonyl (C=O) groups is 1. The zero-order valence-electron chi connectivity index (χ0n) is 14.5. The molecule has 0 unspecified atom stereocenters. The van der Waals surface area contributed by atoms with E-state index in [1.54, 1.807) is 6.20 Å². The predicted molar refractivity (Wildman–Crippen MR) is 97.0 cm³/mol. The summed E-state index contributed by atoms with van der Waals surface area (Å²) in [4.78, 5) is 19.5. The van der Waals surface area contributed by atoms with Crippen LogP contribution in [0.5, 0.6) is 5.75 Å². The first-order valence-electron chi connectivity index (χ1n) is 8.54. The van der Waals surface area contributed by atoms with Crippen LogP contribution in [-0.4, -0.2) is 35.0 Å². The van der Waals surface area contributed by atoms with Gasteiger partial charge in [-0.1, -0.05) is 13.0 Å². The smallest absolute Gasteiger partial charge is 0.265 e. The lowest BCUT2D eigenvalue weighted by Crippen LogP contribution is -2.41. The molecule has 2 aromatic rings. The summed E-state index contributed by atoms with van der Waals surface area (Å²) in [7, 11) is 0. The highest BCUT2D eigenvalue weighted by Crippen LogP contribution is 2.23. The third kappa shape index (κ3) is 3.78. The van der Waals surface area contributed by atoms with Crippen molar-refractivity contribution in [3.8, 4) is 5.75 Å². The summed E-state index contributed by atoms with van der Waals surface area (Å²) >= 11 is 1.51. The molecular weight excluding hydrogens is 320 g/mol. The molecule has 0 saturated carbocycles. The average Bonchev–Trinajstić information content (AvgIpc) is 3.07. The van der Waals surface area contributed by atoms with E-state index < -0.39 is 0 Å². The first kappa shape index (κ1) is 17.0. The van der Waals surface area contributed by atoms with Crippen LogP contribution in [0.1, 0.15) is 45.6 Å². The lowest BCUT2D eigenvalue weighted by atomic mass is 10.1. The fraction of sp³-hybridized carbons (Fsp3) is 0.474. The molecule has 1 fully saturated rings. The number of rotatable bonds is 4. The van der Waals surface area contributed by atoms with Crippen molar-refractivity contribution < 1.29 is 9.53 Å². The summed E-state index contributed by atoms with van der Waals surface area (Å²) in [5.74, 6) is 1.04. The number of nitrogens with zero attached hydrogens (tertiary/aromatic N) is 2. The standard InChI is InChI=1S/C19H24N2O2S/c1-4-18-20-12-17(24-18)19(22)21-9-7-15(8-10-21)23-16-6-5-13(2)14(3)11-16/h5-6,11-12,15H,4,7-10H2,1-3H3. The van der Waals surface area contributed by atoms with Crippen molar-refractivity contribution in [3.05, 3.63) is 45.4 Å². The number of hydrogen-bond donors (Lipinski definition) is 0. The Morgan fingerprint density at radius 1 is 1.29 bits per heavy atom. The van der Waals surface area contributed by atoms with E-state index in [0.717, 1.165) is 48.0 Å². The Bertz CT molecular complexity index is 718. The molecule has 0 atom stereocenters. The molecule has 1 aromatic heterocycles. The molecule has 3 rings (SSSR count). The van der Waals surface area contributed by atoms with Crippen LogP contribution in [0.2, 0.25) is 0 Å². The quantitative estimate of drug-likeness (QED) is 0.842. The fourth-order valence-corrected chi connectivity index (χ4v) is 3.71. The van der Waals surface area contributed by atoms with Gasteiger partial charge in [-0.15, -0.1) is 11.3 Å². The van der Waals surface area contributed by atoms with Gasteiger partial charge in [-0.3, -0.25) is 4.79 Å². The van der Waals surface area contributed by atoms with Crippen LogP contribution in [0.4, 0.5) is 0 Å². The topological polar surface area (TPSA) is 42.4 Å². The van der Waals surface area contributed by atoms with Crippen LogP contribution in [0.15, 0.2) is 24.4 Å². The second-order valence-electron chi connectivity index (χ2n) is 6.33. The largest absolute Gasteiger partial charge is 0.490 e. The molecule has 1 aliphatic rings. The zero-order valence-corrected chi connectivity index (χ0v) is 15.4. The fourth-order valence-electron chi connectivity index (χ4n) is 2.88. The van der Waals surface area contributed by atoms with Crippen molar-refractivity contribution in [2.75, 3.05) is 13.1 Å². The summed E-state index contributed by atoms with van der Waals surface area (Å²) in [5.41, 5.74) is 2.52. The predicted octanol–water partition coefficient (Wildman–Crippen LogP) is 4.01. The van der Waals surface area contributed by atoms with Gasteiger partial charge in [-0.2, -0.15) is 0 Å². The minimum absolute atomic E-state index is 0.108. The summed E-state index contributed by atoms with van der Waals surface area (Å²) in [5, 5.41) is 1.02. The second-order valence-corrected chi connectivity index (χ2v) is 7.44. The first-order chi connectivity index (χ1) is 11.6. The molecule has 5 heteroatoms. The molecule has 0 aliphatic carbocycles. The van der Waals surface area contributed by atoms with E-state index in [1.165, 1.54) is 22.5 Å². The average molecular weight is 344 g/mol. The van der Waals surface area contributed by atoms with Gasteiger partial charge in [-0.05, 0) is 43.5 Å². The van der Waals surface area contributed by atoms with Crippen molar-refractivity contribution in [2.24, 2.45) is 0 Å². The van der Waals surface area contributed by atoms with E-state index >= 15 is 0 Å². The molecular formula is C19H24N2O2S. The molecule has 4 nitrogen and oxygen atoms in total. The normalized spacial score (nSPS) is 15.5. The van der Waals surface area contributed by atoms with Gasteiger partial charge < -0.3 is 9.64 Å². The van der Waals surface area contributed by atoms with Gasteiger partial charge in [0.2, 0.25) is 0 Å². The highest BCUT2D eigenvalue weighted by molar-refractivity contribution is 7.13. The molecule has 0 bridgehead atoms. The zero-order chi connectivity index (χ0) is 17.1. The molecule has 128 valence electrons. The first-order valence-corrected chi connectivity index (χ1v) is 9.36. The maximum Gasteiger partial charge on any atom is 0.265 e. The molecule has 2 heterocycles. The van der Waals surface area contributed by atoms with Gasteiger partial charge in [0, 0.05) is 25.9 Å². The molecule has 1 aromatic carbocycles. The summed E-state index contributed by atoms with van der Waals surface area (Å²) in [6, 6.07) is 6.22. The molecule has 1 amide bonds. The second kappa shape index (κ2) is 7.34. The number of piperidine rings is 1. The maximum atomic E-state index is 12.5. The van der Waals surface area contributed by atoms with Crippen LogP contribution >= 0.6 is 11.3 Å². The molecule has 0 radical (unpaired) electrons. The molecule has 1 saturated heterocycles. The van der Waals surface area contributed by atoms with Gasteiger partial charge in [0.15, 0.2) is 0 Å². The number of amides is 1. The third-order valence-electron chi connectivity index (χ3n) is 4.58. The number of carbonyl (C=O) groups excluding carboxylic acids is 1. The Labute approximate surface area is 147 Å². The van der Waals surface area contributed by atoms with Gasteiger partial charge in [-0.25, -0.2) is 4.98 Å². The van der Waals surface area contributed by atoms with Crippen LogP contribution < -0.4 is 4.74 Å². The monoisotopic (exact) mass is 344 g/mol. The summed E-state index contributed by atoms with van der Waals surface area (Å²) in [6.07, 6.45) is 4.52. The minimum Gasteiger partial charge on any atom is -0.490 e. The van der Waals surface area contributed by atoms with E-state index in [4.69, 9.17) is 4.74 Å². The number of thiazole rings is 1. The Balaban J connectivity index is 1.55. The van der Waals surface area contributed by atoms with E-state index in [9.17, 15) is 4.79 Å². The Morgan fingerprint density at radius 2 is 2.04 bits per heavy atom. The number of hydrogen-bond acceptors (Lipinski definition) is 4. The Hall–Kier alpha value is -1.88. The van der Waals surface area contributed by atoms with Gasteiger partial charge in [0.05, 0.1) is 11.2 Å². The van der Waals surface area contributed by atoms with Gasteiger partial charge >= 0.3 is 0 Å². The van der Waals surface area contributed by atoms with Crippen LogP contribution in [0.25, 0.3) is 0 Å². The van der Waals surface area contributed by atoms with Crippen molar-refractivity contribution >= 4 is 17.2 Å². The van der Waals surface area contributed by atoms with E-state index in [2.05, 4.69) is 37.9 Å². The molecule has 1 aliphatic heterocycles. The number of benzene rings is 1. The number of likely N-dealkylation sites (tertiary alicyclic amines) is 1. The third-order valence-corrected chi connectivity index (χ3v) is 5.71. The van der Waals surface area contributed by atoms with Gasteiger partial charge in [0.1, 0.15) is 16.7 Å². The lowest BCUT2D eigenvalue weighted by Gasteiger charge is -2.32. The van der Waals surface area contributed by atoms with E-state index in [1.807, 2.05) is 11.0 Å². The SMILES string of the molecule is CCc1ncc(C(=O)N2CCC(Oc3ccc(C)c(C)c3)CC2)s1. The van der Waals surface area contributed by atoms with Crippen LogP contribution in [0, 0.1) is 13.8 Å².